The summed E-state index contributed by atoms with van der Waals surface area (Å²) in [5.74, 6) is 0. The molecule has 0 aromatic carbocycles. The van der Waals surface area contributed by atoms with E-state index in [1.54, 1.807) is 11.3 Å². The van der Waals surface area contributed by atoms with Crippen molar-refractivity contribution in [2.24, 2.45) is 0 Å². The van der Waals surface area contributed by atoms with Gasteiger partial charge in [-0.2, -0.15) is 11.3 Å². The predicted molar refractivity (Wildman–Crippen MR) is 63.2 cm³/mol. The summed E-state index contributed by atoms with van der Waals surface area (Å²) >= 11 is 1.63. The van der Waals surface area contributed by atoms with Gasteiger partial charge in [0.25, 0.3) is 0 Å². The van der Waals surface area contributed by atoms with Crippen LogP contribution < -0.4 is 10.6 Å². The van der Waals surface area contributed by atoms with E-state index >= 15 is 0 Å². The molecule has 1 fully saturated rings. The molecule has 1 aromatic rings. The number of aliphatic hydroxyl groups excluding tert-OH is 1. The van der Waals surface area contributed by atoms with Crippen LogP contribution in [0.25, 0.3) is 0 Å². The molecular formula is C11H18N2OS. The maximum atomic E-state index is 9.86. The quantitative estimate of drug-likeness (QED) is 0.721. The molecule has 0 amide bonds. The zero-order valence-corrected chi connectivity index (χ0v) is 9.59. The zero-order chi connectivity index (χ0) is 10.5. The lowest BCUT2D eigenvalue weighted by Gasteiger charge is -2.25. The molecule has 1 aromatic heterocycles. The van der Waals surface area contributed by atoms with Crippen LogP contribution in [0.15, 0.2) is 16.8 Å². The number of nitrogens with one attached hydrogen (secondary N) is 2. The molecule has 0 bridgehead atoms. The van der Waals surface area contributed by atoms with Gasteiger partial charge in [0.1, 0.15) is 0 Å². The summed E-state index contributed by atoms with van der Waals surface area (Å²) in [4.78, 5) is 0. The van der Waals surface area contributed by atoms with Gasteiger partial charge in [-0.3, -0.25) is 0 Å². The summed E-state index contributed by atoms with van der Waals surface area (Å²) in [7, 11) is 0. The zero-order valence-electron chi connectivity index (χ0n) is 8.78. The Labute approximate surface area is 94.5 Å². The molecule has 2 unspecified atom stereocenters. The summed E-state index contributed by atoms with van der Waals surface area (Å²) in [6, 6.07) is 2.50. The highest BCUT2D eigenvalue weighted by Gasteiger charge is 2.14. The van der Waals surface area contributed by atoms with E-state index in [4.69, 9.17) is 0 Å². The topological polar surface area (TPSA) is 44.3 Å². The standard InChI is InChI=1S/C11H18N2OS/c14-11(9-3-5-15-8-9)7-13-10-2-1-4-12-6-10/h3,5,8,10-14H,1-2,4,6-7H2. The Kier molecular flexibility index (Phi) is 4.14. The SMILES string of the molecule is OC(CNC1CCCNC1)c1ccsc1. The fourth-order valence-corrected chi connectivity index (χ4v) is 2.59. The van der Waals surface area contributed by atoms with E-state index in [1.807, 2.05) is 16.8 Å². The average Bonchev–Trinajstić information content (AvgIpc) is 2.81. The van der Waals surface area contributed by atoms with Crippen LogP contribution in [0.3, 0.4) is 0 Å². The number of hydrogen-bond donors (Lipinski definition) is 3. The molecule has 4 heteroatoms. The summed E-state index contributed by atoms with van der Waals surface area (Å²) in [5.41, 5.74) is 1.02. The predicted octanol–water partition coefficient (Wildman–Crippen LogP) is 1.12. The third-order valence-electron chi connectivity index (χ3n) is 2.82. The summed E-state index contributed by atoms with van der Waals surface area (Å²) < 4.78 is 0. The number of thiophene rings is 1. The van der Waals surface area contributed by atoms with Crippen molar-refractivity contribution in [1.82, 2.24) is 10.6 Å². The molecule has 15 heavy (non-hydrogen) atoms. The van der Waals surface area contributed by atoms with Crippen molar-refractivity contribution < 1.29 is 5.11 Å². The van der Waals surface area contributed by atoms with Crippen LogP contribution in [0.4, 0.5) is 0 Å². The molecule has 2 heterocycles. The first kappa shape index (κ1) is 11.1. The Morgan fingerprint density at radius 1 is 1.67 bits per heavy atom. The van der Waals surface area contributed by atoms with Crippen molar-refractivity contribution in [3.63, 3.8) is 0 Å². The largest absolute Gasteiger partial charge is 0.387 e. The van der Waals surface area contributed by atoms with E-state index in [9.17, 15) is 5.11 Å². The van der Waals surface area contributed by atoms with E-state index in [1.165, 1.54) is 12.8 Å². The van der Waals surface area contributed by atoms with Gasteiger partial charge in [-0.15, -0.1) is 0 Å². The second-order valence-corrected chi connectivity index (χ2v) is 4.80. The first-order valence-corrected chi connectivity index (χ1v) is 6.45. The maximum Gasteiger partial charge on any atom is 0.0922 e. The summed E-state index contributed by atoms with van der Waals surface area (Å²) in [6.07, 6.45) is 2.08. The highest BCUT2D eigenvalue weighted by atomic mass is 32.1. The average molecular weight is 226 g/mol. The van der Waals surface area contributed by atoms with Gasteiger partial charge in [0.2, 0.25) is 0 Å². The van der Waals surface area contributed by atoms with Crippen LogP contribution in [-0.2, 0) is 0 Å². The number of rotatable bonds is 4. The molecular weight excluding hydrogens is 208 g/mol. The molecule has 3 N–H and O–H groups in total. The second-order valence-electron chi connectivity index (χ2n) is 4.02. The Morgan fingerprint density at radius 3 is 3.27 bits per heavy atom. The Morgan fingerprint density at radius 2 is 2.60 bits per heavy atom. The lowest BCUT2D eigenvalue weighted by atomic mass is 10.1. The molecule has 0 spiro atoms. The van der Waals surface area contributed by atoms with Crippen molar-refractivity contribution in [3.05, 3.63) is 22.4 Å². The lowest BCUT2D eigenvalue weighted by Crippen LogP contribution is -2.44. The molecule has 3 nitrogen and oxygen atoms in total. The third-order valence-corrected chi connectivity index (χ3v) is 3.53. The Hall–Kier alpha value is -0.420. The molecule has 84 valence electrons. The van der Waals surface area contributed by atoms with Gasteiger partial charge in [0.15, 0.2) is 0 Å². The fraction of sp³-hybridized carbons (Fsp3) is 0.636. The smallest absolute Gasteiger partial charge is 0.0922 e. The van der Waals surface area contributed by atoms with E-state index in [0.29, 0.717) is 12.6 Å². The minimum atomic E-state index is -0.363. The normalized spacial score (nSPS) is 23.9. The van der Waals surface area contributed by atoms with Gasteiger partial charge < -0.3 is 15.7 Å². The Bertz CT molecular complexity index is 270. The van der Waals surface area contributed by atoms with Crippen molar-refractivity contribution >= 4 is 11.3 Å². The first-order valence-electron chi connectivity index (χ1n) is 5.50. The van der Waals surface area contributed by atoms with Gasteiger partial charge in [-0.25, -0.2) is 0 Å². The maximum absolute atomic E-state index is 9.86. The highest BCUT2D eigenvalue weighted by Crippen LogP contribution is 2.15. The number of piperidine rings is 1. The summed E-state index contributed by atoms with van der Waals surface area (Å²) in [6.45, 7) is 2.81. The number of aliphatic hydroxyl groups is 1. The molecule has 0 aliphatic carbocycles. The first-order chi connectivity index (χ1) is 7.36. The van der Waals surface area contributed by atoms with Gasteiger partial charge >= 0.3 is 0 Å². The lowest BCUT2D eigenvalue weighted by molar-refractivity contribution is 0.167. The van der Waals surface area contributed by atoms with Crippen LogP contribution in [0.2, 0.25) is 0 Å². The highest BCUT2D eigenvalue weighted by molar-refractivity contribution is 7.07. The van der Waals surface area contributed by atoms with E-state index < -0.39 is 0 Å². The van der Waals surface area contributed by atoms with Crippen molar-refractivity contribution in [2.75, 3.05) is 19.6 Å². The number of hydrogen-bond acceptors (Lipinski definition) is 4. The molecule has 2 atom stereocenters. The molecule has 1 saturated heterocycles. The van der Waals surface area contributed by atoms with Gasteiger partial charge in [-0.05, 0) is 41.8 Å². The Balaban J connectivity index is 1.73. The molecule has 0 radical (unpaired) electrons. The monoisotopic (exact) mass is 226 g/mol. The van der Waals surface area contributed by atoms with Crippen molar-refractivity contribution in [3.8, 4) is 0 Å². The van der Waals surface area contributed by atoms with Crippen molar-refractivity contribution in [1.29, 1.82) is 0 Å². The molecule has 2 rings (SSSR count). The van der Waals surface area contributed by atoms with Crippen LogP contribution in [0, 0.1) is 0 Å². The third kappa shape index (κ3) is 3.28. The summed E-state index contributed by atoms with van der Waals surface area (Å²) in [5, 5.41) is 20.6. The van der Waals surface area contributed by atoms with Crippen molar-refractivity contribution in [2.45, 2.75) is 25.0 Å². The van der Waals surface area contributed by atoms with Crippen LogP contribution >= 0.6 is 11.3 Å². The van der Waals surface area contributed by atoms with Crippen LogP contribution in [0.1, 0.15) is 24.5 Å². The van der Waals surface area contributed by atoms with E-state index in [2.05, 4.69) is 10.6 Å². The molecule has 0 saturated carbocycles. The molecule has 1 aliphatic rings. The van der Waals surface area contributed by atoms with Crippen LogP contribution in [-0.4, -0.2) is 30.8 Å². The molecule has 1 aliphatic heterocycles. The second kappa shape index (κ2) is 5.61. The van der Waals surface area contributed by atoms with Gasteiger partial charge in [-0.1, -0.05) is 0 Å². The van der Waals surface area contributed by atoms with Gasteiger partial charge in [0, 0.05) is 19.1 Å². The fourth-order valence-electron chi connectivity index (χ4n) is 1.89. The minimum Gasteiger partial charge on any atom is -0.387 e. The van der Waals surface area contributed by atoms with Gasteiger partial charge in [0.05, 0.1) is 6.10 Å². The minimum absolute atomic E-state index is 0.363. The van der Waals surface area contributed by atoms with E-state index in [0.717, 1.165) is 18.7 Å². The van der Waals surface area contributed by atoms with Crippen LogP contribution in [0.5, 0.6) is 0 Å². The van der Waals surface area contributed by atoms with E-state index in [-0.39, 0.29) is 6.10 Å².